The van der Waals surface area contributed by atoms with Crippen molar-refractivity contribution in [3.63, 3.8) is 0 Å². The molecule has 6 saturated carbocycles. The Balaban J connectivity index is 0.000000192. The topological polar surface area (TPSA) is 62.9 Å². The minimum Gasteiger partial charge on any atom is -0.404 e. The van der Waals surface area contributed by atoms with Gasteiger partial charge in [0.25, 0.3) is 0 Å². The van der Waals surface area contributed by atoms with E-state index in [0.29, 0.717) is 22.7 Å². The average molecular weight is 638 g/mol. The highest BCUT2D eigenvalue weighted by molar-refractivity contribution is 6.59. The maximum absolute atomic E-state index is 6.55. The lowest BCUT2D eigenvalue weighted by Gasteiger charge is -2.64. The van der Waals surface area contributed by atoms with Crippen LogP contribution in [0.3, 0.4) is 0 Å². The SMILES string of the molecule is C=CCCCC[C@@H](N)B1OC2CC3CC(C3(C)C)C2(C)O1.C=CCCCC[C@H](Cl)B1OC2CC3CC(C3(C)C)C2(C)O1.Cl. The summed E-state index contributed by atoms with van der Waals surface area (Å²) in [6.07, 6.45) is 17.9. The normalized spacial score (nSPS) is 40.4. The zero-order valence-electron chi connectivity index (χ0n) is 27.8. The van der Waals surface area contributed by atoms with Crippen LogP contribution in [0.1, 0.15) is 119 Å². The molecule has 2 heterocycles. The van der Waals surface area contributed by atoms with Gasteiger partial charge in [-0.3, -0.25) is 0 Å². The summed E-state index contributed by atoms with van der Waals surface area (Å²) in [5, 5.41) is -0.0300. The molecule has 2 N–H and O–H groups in total. The van der Waals surface area contributed by atoms with Crippen LogP contribution < -0.4 is 5.73 Å². The van der Waals surface area contributed by atoms with Crippen LogP contribution in [0.2, 0.25) is 0 Å². The molecule has 10 atom stereocenters. The maximum Gasteiger partial charge on any atom is 0.476 e. The molecule has 0 spiro atoms. The molecule has 244 valence electrons. The summed E-state index contributed by atoms with van der Waals surface area (Å²) in [5.74, 6) is 2.82. The Morgan fingerprint density at radius 1 is 0.744 bits per heavy atom. The van der Waals surface area contributed by atoms with Crippen LogP contribution >= 0.6 is 24.0 Å². The second-order valence-electron chi connectivity index (χ2n) is 16.0. The summed E-state index contributed by atoms with van der Waals surface area (Å²) >= 11 is 6.55. The zero-order valence-corrected chi connectivity index (χ0v) is 29.4. The van der Waals surface area contributed by atoms with Gasteiger partial charge < -0.3 is 24.4 Å². The van der Waals surface area contributed by atoms with Gasteiger partial charge in [-0.05, 0) is 113 Å². The summed E-state index contributed by atoms with van der Waals surface area (Å²) in [7, 11) is -0.431. The lowest BCUT2D eigenvalue weighted by atomic mass is 9.43. The molecule has 0 aromatic rings. The minimum atomic E-state index is -0.222. The lowest BCUT2D eigenvalue weighted by molar-refractivity contribution is -0.199. The Morgan fingerprint density at radius 2 is 1.19 bits per heavy atom. The molecule has 0 aromatic carbocycles. The number of hydrogen-bond acceptors (Lipinski definition) is 5. The molecule has 8 rings (SSSR count). The first-order chi connectivity index (χ1) is 19.8. The fourth-order valence-electron chi connectivity index (χ4n) is 9.70. The van der Waals surface area contributed by atoms with Gasteiger partial charge in [-0.25, -0.2) is 0 Å². The number of unbranched alkanes of at least 4 members (excludes halogenated alkanes) is 4. The van der Waals surface area contributed by atoms with Crippen LogP contribution in [-0.4, -0.2) is 48.9 Å². The Bertz CT molecular complexity index is 910. The summed E-state index contributed by atoms with van der Waals surface area (Å²) < 4.78 is 25.2. The molecule has 43 heavy (non-hydrogen) atoms. The number of alkyl halides is 1. The third kappa shape index (κ3) is 6.46. The summed E-state index contributed by atoms with van der Waals surface area (Å²) in [4.78, 5) is 0. The molecule has 0 amide bonds. The lowest BCUT2D eigenvalue weighted by Crippen LogP contribution is -2.65. The van der Waals surface area contributed by atoms with E-state index in [1.807, 2.05) is 12.2 Å². The van der Waals surface area contributed by atoms with Crippen molar-refractivity contribution in [2.45, 2.75) is 153 Å². The van der Waals surface area contributed by atoms with Crippen LogP contribution in [0.15, 0.2) is 25.3 Å². The molecule has 6 aliphatic carbocycles. The van der Waals surface area contributed by atoms with Gasteiger partial charge in [0.2, 0.25) is 0 Å². The van der Waals surface area contributed by atoms with Crippen molar-refractivity contribution >= 4 is 38.2 Å². The average Bonchev–Trinajstić information content (AvgIpc) is 3.50. The molecule has 5 nitrogen and oxygen atoms in total. The van der Waals surface area contributed by atoms with E-state index in [-0.39, 0.29) is 61.3 Å². The van der Waals surface area contributed by atoms with Gasteiger partial charge >= 0.3 is 14.2 Å². The second-order valence-corrected chi connectivity index (χ2v) is 16.6. The monoisotopic (exact) mass is 637 g/mol. The Kier molecular flexibility index (Phi) is 11.3. The van der Waals surface area contributed by atoms with Gasteiger partial charge in [-0.2, -0.15) is 0 Å². The maximum atomic E-state index is 6.55. The van der Waals surface area contributed by atoms with Crippen LogP contribution in [0.25, 0.3) is 0 Å². The second kappa shape index (κ2) is 13.6. The Morgan fingerprint density at radius 3 is 1.65 bits per heavy atom. The van der Waals surface area contributed by atoms with E-state index in [1.165, 1.54) is 12.8 Å². The van der Waals surface area contributed by atoms with Gasteiger partial charge in [-0.15, -0.1) is 37.2 Å². The molecule has 0 radical (unpaired) electrons. The summed E-state index contributed by atoms with van der Waals surface area (Å²) in [6.45, 7) is 21.6. The minimum absolute atomic E-state index is 0. The van der Waals surface area contributed by atoms with E-state index in [4.69, 9.17) is 36.0 Å². The van der Waals surface area contributed by atoms with E-state index in [2.05, 4.69) is 54.7 Å². The molecule has 9 heteroatoms. The number of halogens is 2. The van der Waals surface area contributed by atoms with Gasteiger partial charge in [-0.1, -0.05) is 52.7 Å². The van der Waals surface area contributed by atoms with Crippen LogP contribution in [0, 0.1) is 34.5 Å². The summed E-state index contributed by atoms with van der Waals surface area (Å²) in [6, 6.07) is 0. The fraction of sp³-hybridized carbons (Fsp3) is 0.882. The van der Waals surface area contributed by atoms with Gasteiger partial charge in [0, 0.05) is 5.94 Å². The molecular weight excluding hydrogens is 579 g/mol. The number of rotatable bonds is 12. The molecule has 2 aliphatic heterocycles. The van der Waals surface area contributed by atoms with Gasteiger partial charge in [0.15, 0.2) is 0 Å². The first-order valence-corrected chi connectivity index (χ1v) is 17.5. The van der Waals surface area contributed by atoms with E-state index in [1.54, 1.807) is 0 Å². The van der Waals surface area contributed by atoms with Crippen LogP contribution in [0.4, 0.5) is 0 Å². The predicted octanol–water partition coefficient (Wildman–Crippen LogP) is 8.36. The highest BCUT2D eigenvalue weighted by atomic mass is 35.5. The molecular formula is C34H59B2Cl2NO4. The Labute approximate surface area is 274 Å². The van der Waals surface area contributed by atoms with Crippen molar-refractivity contribution in [1.82, 2.24) is 0 Å². The van der Waals surface area contributed by atoms with E-state index >= 15 is 0 Å². The standard InChI is InChI=1S/C17H28BClO2.C17H30BNO2.ClH/c2*1-5-6-7-8-9-15(19)18-20-14-11-12-10-13(16(12,2)3)17(14,4)21-18;/h5,12-15H,1,6-11H2,2-4H3;5,12-15H,1,6-11,19H2,2-4H3;1H/t2*12?,13?,14?,15-,17?;/m01./s1. The zero-order chi connectivity index (χ0) is 30.5. The highest BCUT2D eigenvalue weighted by Crippen LogP contribution is 2.67. The van der Waals surface area contributed by atoms with Crippen molar-refractivity contribution in [2.75, 3.05) is 0 Å². The Hall–Kier alpha value is -0.0101. The van der Waals surface area contributed by atoms with E-state index in [0.717, 1.165) is 76.0 Å². The predicted molar refractivity (Wildman–Crippen MR) is 182 cm³/mol. The molecule has 2 saturated heterocycles. The quantitative estimate of drug-likeness (QED) is 0.101. The fourth-order valence-corrected chi connectivity index (χ4v) is 9.97. The van der Waals surface area contributed by atoms with Crippen LogP contribution in [-0.2, 0) is 18.6 Å². The molecule has 8 fully saturated rings. The van der Waals surface area contributed by atoms with E-state index < -0.39 is 0 Å². The third-order valence-corrected chi connectivity index (χ3v) is 13.3. The number of hydrogen-bond donors (Lipinski definition) is 1. The van der Waals surface area contributed by atoms with Crippen LogP contribution in [0.5, 0.6) is 0 Å². The smallest absolute Gasteiger partial charge is 0.404 e. The van der Waals surface area contributed by atoms with Gasteiger partial charge in [0.05, 0.1) is 28.7 Å². The molecule has 0 aromatic heterocycles. The van der Waals surface area contributed by atoms with Crippen molar-refractivity contribution in [1.29, 1.82) is 0 Å². The van der Waals surface area contributed by atoms with Crippen molar-refractivity contribution in [3.05, 3.63) is 25.3 Å². The number of nitrogens with two attached hydrogens (primary N) is 1. The van der Waals surface area contributed by atoms with Gasteiger partial charge in [0.1, 0.15) is 0 Å². The largest absolute Gasteiger partial charge is 0.476 e. The number of allylic oxidation sites excluding steroid dienone is 2. The molecule has 4 bridgehead atoms. The van der Waals surface area contributed by atoms with E-state index in [9.17, 15) is 0 Å². The molecule has 8 unspecified atom stereocenters. The first kappa shape index (κ1) is 35.8. The highest BCUT2D eigenvalue weighted by Gasteiger charge is 2.69. The molecule has 8 aliphatic rings. The summed E-state index contributed by atoms with van der Waals surface area (Å²) in [5.41, 5.74) is 6.87. The first-order valence-electron chi connectivity index (χ1n) is 17.1. The van der Waals surface area contributed by atoms with Crippen molar-refractivity contribution < 1.29 is 18.6 Å². The third-order valence-electron chi connectivity index (χ3n) is 12.9. The van der Waals surface area contributed by atoms with Crippen molar-refractivity contribution in [3.8, 4) is 0 Å². The van der Waals surface area contributed by atoms with Crippen molar-refractivity contribution in [2.24, 2.45) is 40.2 Å².